The molecule has 0 bridgehead atoms. The molecule has 1 aliphatic heterocycles. The van der Waals surface area contributed by atoms with Crippen molar-refractivity contribution < 1.29 is 66.1 Å². The highest BCUT2D eigenvalue weighted by Gasteiger charge is 2.55. The topological polar surface area (TPSA) is 199 Å². The molecule has 1 fully saturated rings. The van der Waals surface area contributed by atoms with Gasteiger partial charge in [-0.15, -0.1) is 0 Å². The minimum Gasteiger partial charge on any atom is -0.462 e. The van der Waals surface area contributed by atoms with Crippen LogP contribution in [0.3, 0.4) is 0 Å². The van der Waals surface area contributed by atoms with Crippen LogP contribution in [0.2, 0.25) is 18.1 Å². The zero-order chi connectivity index (χ0) is 35.0. The van der Waals surface area contributed by atoms with Crippen LogP contribution in [0.5, 0.6) is 0 Å². The maximum absolute atomic E-state index is 12.7. The van der Waals surface area contributed by atoms with Crippen molar-refractivity contribution in [3.63, 3.8) is 0 Å². The number of ether oxygens (including phenoxy) is 5. The lowest BCUT2D eigenvalue weighted by Crippen LogP contribution is -2.68. The first-order chi connectivity index (χ1) is 20.4. The Kier molecular flexibility index (Phi) is 14.9. The summed E-state index contributed by atoms with van der Waals surface area (Å²) in [5.41, 5.74) is -1.48. The Bertz CT molecular complexity index is 1130. The van der Waals surface area contributed by atoms with Crippen molar-refractivity contribution in [1.29, 1.82) is 0 Å². The summed E-state index contributed by atoms with van der Waals surface area (Å²) in [5, 5.41) is 2.44. The van der Waals surface area contributed by atoms with E-state index in [0.717, 1.165) is 27.9 Å². The molecule has 0 saturated carbocycles. The van der Waals surface area contributed by atoms with E-state index in [4.69, 9.17) is 32.6 Å². The van der Waals surface area contributed by atoms with E-state index in [9.17, 15) is 33.4 Å². The van der Waals surface area contributed by atoms with E-state index in [1.165, 1.54) is 13.8 Å². The Morgan fingerprint density at radius 2 is 1.58 bits per heavy atom. The highest BCUT2D eigenvalue weighted by molar-refractivity contribution is 7.52. The Morgan fingerprint density at radius 1 is 1.00 bits per heavy atom. The van der Waals surface area contributed by atoms with Gasteiger partial charge in [-0.3, -0.25) is 28.5 Å². The third-order valence-corrected chi connectivity index (χ3v) is 13.6. The van der Waals surface area contributed by atoms with Crippen LogP contribution in [0, 0.1) is 0 Å². The SMILES string of the molecule is COP(=O)(O)CC[C@@]1(CO[Si](C)(C)C(C)(C)C)C[C@H](OC(C)=O)[C@@H](NC(C)=O)[C@H]([C@H](OC(C)=O)[C@@H](COC(C)=O)OC(C)=O)O1. The average molecular weight is 684 g/mol. The van der Waals surface area contributed by atoms with Gasteiger partial charge in [0.05, 0.1) is 24.4 Å². The molecule has 2 N–H and O–H groups in total. The van der Waals surface area contributed by atoms with Gasteiger partial charge in [-0.05, 0) is 24.6 Å². The summed E-state index contributed by atoms with van der Waals surface area (Å²) < 4.78 is 52.5. The largest absolute Gasteiger partial charge is 0.462 e. The molecule has 1 heterocycles. The van der Waals surface area contributed by atoms with Gasteiger partial charge < -0.3 is 42.8 Å². The predicted molar refractivity (Wildman–Crippen MR) is 163 cm³/mol. The molecular formula is C28H50NO14PSi. The van der Waals surface area contributed by atoms with Crippen LogP contribution >= 0.6 is 7.60 Å². The molecule has 0 aromatic heterocycles. The molecular weight excluding hydrogens is 633 g/mol. The Morgan fingerprint density at radius 3 is 2.02 bits per heavy atom. The lowest BCUT2D eigenvalue weighted by molar-refractivity contribution is -0.244. The van der Waals surface area contributed by atoms with Crippen LogP contribution in [0.25, 0.3) is 0 Å². The Balaban J connectivity index is 3.96. The van der Waals surface area contributed by atoms with Gasteiger partial charge in [0.25, 0.3) is 0 Å². The fraction of sp³-hybridized carbons (Fsp3) is 0.821. The minimum atomic E-state index is -4.10. The zero-order valence-electron chi connectivity index (χ0n) is 28.1. The van der Waals surface area contributed by atoms with Crippen molar-refractivity contribution >= 4 is 45.7 Å². The molecule has 15 nitrogen and oxygen atoms in total. The van der Waals surface area contributed by atoms with Gasteiger partial charge in [-0.25, -0.2) is 0 Å². The van der Waals surface area contributed by atoms with E-state index in [1.54, 1.807) is 0 Å². The van der Waals surface area contributed by atoms with Gasteiger partial charge in [-0.2, -0.15) is 0 Å². The first-order valence-corrected chi connectivity index (χ1v) is 19.2. The second-order valence-corrected chi connectivity index (χ2v) is 19.6. The zero-order valence-corrected chi connectivity index (χ0v) is 30.0. The smallest absolute Gasteiger partial charge is 0.327 e. The van der Waals surface area contributed by atoms with Gasteiger partial charge >= 0.3 is 31.5 Å². The maximum atomic E-state index is 12.7. The number of nitrogens with one attached hydrogen (secondary N) is 1. The lowest BCUT2D eigenvalue weighted by atomic mass is 9.82. The monoisotopic (exact) mass is 683 g/mol. The summed E-state index contributed by atoms with van der Waals surface area (Å²) in [6.45, 7) is 15.1. The first-order valence-electron chi connectivity index (χ1n) is 14.6. The quantitative estimate of drug-likeness (QED) is 0.110. The van der Waals surface area contributed by atoms with Crippen LogP contribution in [-0.2, 0) is 61.2 Å². The Hall–Kier alpha value is -2.36. The molecule has 260 valence electrons. The Labute approximate surface area is 266 Å². The van der Waals surface area contributed by atoms with Crippen LogP contribution in [0.4, 0.5) is 0 Å². The normalized spacial score (nSPS) is 24.8. The van der Waals surface area contributed by atoms with Gasteiger partial charge in [0.1, 0.15) is 18.8 Å². The molecule has 0 spiro atoms. The molecule has 1 amide bonds. The van der Waals surface area contributed by atoms with Gasteiger partial charge in [-0.1, -0.05) is 20.8 Å². The number of amides is 1. The minimum absolute atomic E-state index is 0.110. The second kappa shape index (κ2) is 16.5. The summed E-state index contributed by atoms with van der Waals surface area (Å²) in [7, 11) is -5.51. The van der Waals surface area contributed by atoms with Crippen molar-refractivity contribution in [3.05, 3.63) is 0 Å². The van der Waals surface area contributed by atoms with Crippen LogP contribution in [0.1, 0.15) is 68.2 Å². The van der Waals surface area contributed by atoms with E-state index in [-0.39, 0.29) is 24.5 Å². The fourth-order valence-electron chi connectivity index (χ4n) is 4.57. The van der Waals surface area contributed by atoms with Crippen LogP contribution in [0.15, 0.2) is 0 Å². The van der Waals surface area contributed by atoms with E-state index in [2.05, 4.69) is 5.32 Å². The summed E-state index contributed by atoms with van der Waals surface area (Å²) in [6, 6.07) is -1.18. The molecule has 45 heavy (non-hydrogen) atoms. The van der Waals surface area contributed by atoms with Crippen molar-refractivity contribution in [2.75, 3.05) is 26.5 Å². The number of hydrogen-bond donors (Lipinski definition) is 2. The van der Waals surface area contributed by atoms with Gasteiger partial charge in [0.2, 0.25) is 5.91 Å². The molecule has 17 heteroatoms. The van der Waals surface area contributed by atoms with Gasteiger partial charge in [0, 0.05) is 48.1 Å². The molecule has 0 radical (unpaired) electrons. The third-order valence-electron chi connectivity index (χ3n) is 7.80. The number of carbonyl (C=O) groups excluding carboxylic acids is 5. The third kappa shape index (κ3) is 13.1. The number of esters is 4. The van der Waals surface area contributed by atoms with Crippen molar-refractivity contribution in [3.8, 4) is 0 Å². The van der Waals surface area contributed by atoms with Crippen LogP contribution < -0.4 is 5.32 Å². The second-order valence-electron chi connectivity index (χ2n) is 12.7. The van der Waals surface area contributed by atoms with Crippen LogP contribution in [-0.4, -0.2) is 106 Å². The van der Waals surface area contributed by atoms with Crippen molar-refractivity contribution in [2.45, 2.75) is 122 Å². The average Bonchev–Trinajstić information content (AvgIpc) is 2.87. The first kappa shape index (κ1) is 40.7. The predicted octanol–water partition coefficient (Wildman–Crippen LogP) is 2.62. The van der Waals surface area contributed by atoms with Crippen molar-refractivity contribution in [2.24, 2.45) is 0 Å². The molecule has 1 rings (SSSR count). The molecule has 7 atom stereocenters. The summed E-state index contributed by atoms with van der Waals surface area (Å²) >= 11 is 0. The van der Waals surface area contributed by atoms with E-state index < -0.39 is 94.5 Å². The van der Waals surface area contributed by atoms with E-state index in [1.807, 2.05) is 33.9 Å². The number of carbonyl (C=O) groups is 5. The fourth-order valence-corrected chi connectivity index (χ4v) is 6.50. The highest BCUT2D eigenvalue weighted by atomic mass is 31.2. The van der Waals surface area contributed by atoms with Gasteiger partial charge in [0.15, 0.2) is 20.5 Å². The van der Waals surface area contributed by atoms with E-state index >= 15 is 0 Å². The summed E-state index contributed by atoms with van der Waals surface area (Å²) in [4.78, 5) is 71.4. The van der Waals surface area contributed by atoms with E-state index in [0.29, 0.717) is 0 Å². The summed E-state index contributed by atoms with van der Waals surface area (Å²) in [6.07, 6.45) is -6.18. The molecule has 1 saturated heterocycles. The molecule has 0 aliphatic carbocycles. The number of rotatable bonds is 15. The van der Waals surface area contributed by atoms with Crippen molar-refractivity contribution in [1.82, 2.24) is 5.32 Å². The summed E-state index contributed by atoms with van der Waals surface area (Å²) in [5.74, 6) is -3.62. The molecule has 1 unspecified atom stereocenters. The molecule has 1 aliphatic rings. The maximum Gasteiger partial charge on any atom is 0.327 e. The highest BCUT2D eigenvalue weighted by Crippen LogP contribution is 2.47. The number of hydrogen-bond acceptors (Lipinski definition) is 13. The molecule has 0 aromatic rings. The lowest BCUT2D eigenvalue weighted by Gasteiger charge is -2.51. The molecule has 0 aromatic carbocycles. The standard InChI is InChI=1S/C28H50NO14PSi/c1-17(30)29-24-22(40-19(3)32)14-28(12-13-44(35,36)37-9,16-39-45(10,11)27(6,7)8)43-26(24)25(42-21(5)34)23(41-20(4)33)15-38-18(2)31/h22-26H,12-16H2,1-11H3,(H,29,30)(H,35,36)/t22-,23+,24+,25+,26+,28-/m0/s1.